The summed E-state index contributed by atoms with van der Waals surface area (Å²) in [5.74, 6) is 1.03. The largest absolute Gasteiger partial charge is 0.507 e. The van der Waals surface area contributed by atoms with Gasteiger partial charge in [-0.3, -0.25) is 0 Å². The molecule has 0 saturated carbocycles. The maximum atomic E-state index is 13.3. The smallest absolute Gasteiger partial charge is 0.339 e. The Labute approximate surface area is 246 Å². The topological polar surface area (TPSA) is 85.2 Å². The lowest BCUT2D eigenvalue weighted by molar-refractivity contribution is 0.0694. The van der Waals surface area contributed by atoms with Crippen molar-refractivity contribution in [3.05, 3.63) is 101 Å². The fraction of sp³-hybridized carbons (Fsp3) is 0.286. The van der Waals surface area contributed by atoms with Crippen LogP contribution in [0.25, 0.3) is 11.1 Å². The molecule has 42 heavy (non-hydrogen) atoms. The van der Waals surface area contributed by atoms with Crippen molar-refractivity contribution in [2.75, 3.05) is 13.2 Å². The molecule has 0 heterocycles. The van der Waals surface area contributed by atoms with Crippen molar-refractivity contribution in [3.63, 3.8) is 0 Å². The number of hydrogen-bond donors (Lipinski definition) is 2. The predicted octanol–water partition coefficient (Wildman–Crippen LogP) is 8.83. The number of carbonyl (C=O) groups is 1. The third-order valence-corrected chi connectivity index (χ3v) is 6.95. The highest BCUT2D eigenvalue weighted by atomic mass is 19.1. The molecule has 0 aromatic heterocycles. The highest BCUT2D eigenvalue weighted by Crippen LogP contribution is 2.37. The standard InChI is InChI=1S/C35H37FO6/c1-3-11-27-31(14-10-15-32(27)42-33-13-7-6-12-28(33)35(38)39)40-20-8-5-9-21-41-34-23-30(37)29(22-24(34)4-2)25-16-18-26(36)19-17-25/h6-7,10,12-19,22-23,37H,3-5,8-9,11,20-21H2,1-2H3,(H,38,39). The lowest BCUT2D eigenvalue weighted by Crippen LogP contribution is -2.05. The third kappa shape index (κ3) is 7.81. The number of rotatable bonds is 15. The molecule has 4 aromatic rings. The van der Waals surface area contributed by atoms with Gasteiger partial charge in [0, 0.05) is 17.2 Å². The van der Waals surface area contributed by atoms with Gasteiger partial charge >= 0.3 is 5.97 Å². The molecule has 4 rings (SSSR count). The highest BCUT2D eigenvalue weighted by Gasteiger charge is 2.16. The average molecular weight is 573 g/mol. The second kappa shape index (κ2) is 14.9. The number of ether oxygens (including phenoxy) is 3. The van der Waals surface area contributed by atoms with Gasteiger partial charge in [-0.2, -0.15) is 0 Å². The molecule has 0 aliphatic rings. The number of aromatic carboxylic acids is 1. The van der Waals surface area contributed by atoms with Gasteiger partial charge in [0.2, 0.25) is 0 Å². The van der Waals surface area contributed by atoms with Crippen LogP contribution < -0.4 is 14.2 Å². The summed E-state index contributed by atoms with van der Waals surface area (Å²) in [6, 6.07) is 21.8. The number of para-hydroxylation sites is 1. The molecule has 0 unspecified atom stereocenters. The molecule has 0 bridgehead atoms. The van der Waals surface area contributed by atoms with Crippen molar-refractivity contribution >= 4 is 5.97 Å². The van der Waals surface area contributed by atoms with E-state index >= 15 is 0 Å². The first kappa shape index (κ1) is 30.4. The van der Waals surface area contributed by atoms with Crippen LogP contribution in [-0.2, 0) is 12.8 Å². The van der Waals surface area contributed by atoms with Gasteiger partial charge in [-0.25, -0.2) is 9.18 Å². The van der Waals surface area contributed by atoms with E-state index in [4.69, 9.17) is 14.2 Å². The van der Waals surface area contributed by atoms with E-state index in [9.17, 15) is 19.4 Å². The van der Waals surface area contributed by atoms with E-state index in [0.29, 0.717) is 36.0 Å². The molecule has 6 nitrogen and oxygen atoms in total. The van der Waals surface area contributed by atoms with E-state index in [1.807, 2.05) is 31.2 Å². The van der Waals surface area contributed by atoms with Crippen molar-refractivity contribution in [3.8, 4) is 39.9 Å². The zero-order chi connectivity index (χ0) is 29.9. The van der Waals surface area contributed by atoms with Crippen molar-refractivity contribution in [1.29, 1.82) is 0 Å². The first-order chi connectivity index (χ1) is 20.4. The summed E-state index contributed by atoms with van der Waals surface area (Å²) in [5, 5.41) is 20.1. The van der Waals surface area contributed by atoms with E-state index in [1.165, 1.54) is 18.2 Å². The van der Waals surface area contributed by atoms with Crippen LogP contribution in [0.3, 0.4) is 0 Å². The molecule has 0 spiro atoms. The SMILES string of the molecule is CCCc1c(OCCCCCOc2cc(O)c(-c3ccc(F)cc3)cc2CC)cccc1Oc1ccccc1C(=O)O. The van der Waals surface area contributed by atoms with Crippen LogP contribution in [0.4, 0.5) is 4.39 Å². The first-order valence-electron chi connectivity index (χ1n) is 14.4. The Hall–Kier alpha value is -4.52. The van der Waals surface area contributed by atoms with Gasteiger partial charge in [-0.05, 0) is 85.7 Å². The van der Waals surface area contributed by atoms with Crippen LogP contribution in [0.15, 0.2) is 78.9 Å². The van der Waals surface area contributed by atoms with Gasteiger partial charge in [0.1, 0.15) is 40.1 Å². The Morgan fingerprint density at radius 1 is 0.786 bits per heavy atom. The zero-order valence-electron chi connectivity index (χ0n) is 24.1. The molecule has 0 fully saturated rings. The van der Waals surface area contributed by atoms with E-state index in [1.54, 1.807) is 36.4 Å². The number of aromatic hydroxyl groups is 1. The Kier molecular flexibility index (Phi) is 10.8. The van der Waals surface area contributed by atoms with E-state index in [2.05, 4.69) is 6.92 Å². The number of aryl methyl sites for hydroxylation is 1. The predicted molar refractivity (Wildman–Crippen MR) is 162 cm³/mol. The Balaban J connectivity index is 1.29. The number of carboxylic acid groups (broad SMARTS) is 1. The van der Waals surface area contributed by atoms with E-state index in [-0.39, 0.29) is 17.1 Å². The number of phenolic OH excluding ortho intramolecular Hbond substituents is 1. The minimum absolute atomic E-state index is 0.0998. The third-order valence-electron chi connectivity index (χ3n) is 6.95. The summed E-state index contributed by atoms with van der Waals surface area (Å²) < 4.78 is 31.5. The number of phenols is 1. The lowest BCUT2D eigenvalue weighted by atomic mass is 10.00. The summed E-state index contributed by atoms with van der Waals surface area (Å²) in [4.78, 5) is 11.6. The van der Waals surface area contributed by atoms with Gasteiger partial charge in [0.15, 0.2) is 0 Å². The molecule has 0 radical (unpaired) electrons. The molecule has 4 aromatic carbocycles. The second-order valence-electron chi connectivity index (χ2n) is 9.98. The van der Waals surface area contributed by atoms with Gasteiger partial charge in [0.05, 0.1) is 13.2 Å². The molecule has 0 aliphatic heterocycles. The molecule has 0 saturated heterocycles. The van der Waals surface area contributed by atoms with Crippen LogP contribution in [-0.4, -0.2) is 29.4 Å². The van der Waals surface area contributed by atoms with Crippen LogP contribution in [0.5, 0.6) is 28.7 Å². The van der Waals surface area contributed by atoms with Gasteiger partial charge in [-0.15, -0.1) is 0 Å². The minimum Gasteiger partial charge on any atom is -0.507 e. The molecule has 2 N–H and O–H groups in total. The Bertz CT molecular complexity index is 1480. The van der Waals surface area contributed by atoms with Gasteiger partial charge < -0.3 is 24.4 Å². The van der Waals surface area contributed by atoms with E-state index in [0.717, 1.165) is 61.0 Å². The van der Waals surface area contributed by atoms with Crippen molar-refractivity contribution in [1.82, 2.24) is 0 Å². The van der Waals surface area contributed by atoms with Crippen molar-refractivity contribution in [2.45, 2.75) is 52.4 Å². The number of halogens is 1. The Morgan fingerprint density at radius 3 is 2.14 bits per heavy atom. The van der Waals surface area contributed by atoms with Gasteiger partial charge in [-0.1, -0.05) is 50.6 Å². The van der Waals surface area contributed by atoms with E-state index < -0.39 is 5.97 Å². The van der Waals surface area contributed by atoms with Crippen LogP contribution >= 0.6 is 0 Å². The number of benzene rings is 4. The van der Waals surface area contributed by atoms with Crippen LogP contribution in [0.1, 0.15) is 61.0 Å². The summed E-state index contributed by atoms with van der Waals surface area (Å²) >= 11 is 0. The maximum absolute atomic E-state index is 13.3. The quantitative estimate of drug-likeness (QED) is 0.138. The molecule has 0 aliphatic carbocycles. The van der Waals surface area contributed by atoms with Crippen molar-refractivity contribution < 1.29 is 33.6 Å². The second-order valence-corrected chi connectivity index (χ2v) is 9.98. The molecule has 0 amide bonds. The normalized spacial score (nSPS) is 10.8. The molecular formula is C35H37FO6. The zero-order valence-corrected chi connectivity index (χ0v) is 24.1. The molecule has 7 heteroatoms. The number of carboxylic acids is 1. The van der Waals surface area contributed by atoms with Crippen LogP contribution in [0, 0.1) is 5.82 Å². The Morgan fingerprint density at radius 2 is 1.45 bits per heavy atom. The highest BCUT2D eigenvalue weighted by molar-refractivity contribution is 5.91. The fourth-order valence-electron chi connectivity index (χ4n) is 4.75. The summed E-state index contributed by atoms with van der Waals surface area (Å²) in [6.45, 7) is 5.14. The first-order valence-corrected chi connectivity index (χ1v) is 14.4. The molecule has 0 atom stereocenters. The molecule has 220 valence electrons. The number of unbranched alkanes of at least 4 members (excludes halogenated alkanes) is 2. The maximum Gasteiger partial charge on any atom is 0.339 e. The summed E-state index contributed by atoms with van der Waals surface area (Å²) in [6.07, 6.45) is 4.91. The lowest BCUT2D eigenvalue weighted by Gasteiger charge is -2.17. The van der Waals surface area contributed by atoms with Crippen molar-refractivity contribution in [2.24, 2.45) is 0 Å². The summed E-state index contributed by atoms with van der Waals surface area (Å²) in [5.41, 5.74) is 3.41. The van der Waals surface area contributed by atoms with Gasteiger partial charge in [0.25, 0.3) is 0 Å². The summed E-state index contributed by atoms with van der Waals surface area (Å²) in [7, 11) is 0. The monoisotopic (exact) mass is 572 g/mol. The average Bonchev–Trinajstić information content (AvgIpc) is 2.99. The fourth-order valence-corrected chi connectivity index (χ4v) is 4.75. The number of hydrogen-bond acceptors (Lipinski definition) is 5. The minimum atomic E-state index is -1.04. The van der Waals surface area contributed by atoms with Crippen LogP contribution in [0.2, 0.25) is 0 Å². The molecular weight excluding hydrogens is 535 g/mol.